The van der Waals surface area contributed by atoms with Gasteiger partial charge in [-0.15, -0.1) is 0 Å². The van der Waals surface area contributed by atoms with Crippen LogP contribution >= 0.6 is 11.6 Å². The molecule has 1 aliphatic carbocycles. The molecule has 0 radical (unpaired) electrons. The van der Waals surface area contributed by atoms with Crippen LogP contribution in [0.15, 0.2) is 29.2 Å². The first-order chi connectivity index (χ1) is 10.5. The van der Waals surface area contributed by atoms with E-state index in [1.54, 1.807) is 11.6 Å². The Kier molecular flexibility index (Phi) is 3.03. The highest BCUT2D eigenvalue weighted by molar-refractivity contribution is 6.36. The van der Waals surface area contributed by atoms with E-state index in [1.807, 2.05) is 24.4 Å². The molecular formula is C17H20ClN3O. The summed E-state index contributed by atoms with van der Waals surface area (Å²) in [6.07, 6.45) is 4.27. The Labute approximate surface area is 134 Å². The minimum Gasteiger partial charge on any atom is -0.371 e. The number of nitrogens with one attached hydrogen (secondary N) is 1. The summed E-state index contributed by atoms with van der Waals surface area (Å²) in [6.45, 7) is 2.30. The molecule has 2 aromatic rings. The minimum atomic E-state index is -0.0361. The molecule has 116 valence electrons. The molecule has 0 bridgehead atoms. The van der Waals surface area contributed by atoms with Gasteiger partial charge in [0.1, 0.15) is 0 Å². The summed E-state index contributed by atoms with van der Waals surface area (Å²) in [7, 11) is 3.89. The number of halogens is 1. The Bertz CT molecular complexity index is 801. The fourth-order valence-corrected chi connectivity index (χ4v) is 4.13. The highest BCUT2D eigenvalue weighted by atomic mass is 35.5. The van der Waals surface area contributed by atoms with Crippen LogP contribution in [0.5, 0.6) is 0 Å². The van der Waals surface area contributed by atoms with E-state index >= 15 is 0 Å². The summed E-state index contributed by atoms with van der Waals surface area (Å²) in [4.78, 5) is 14.7. The molecule has 2 heterocycles. The van der Waals surface area contributed by atoms with E-state index in [2.05, 4.69) is 17.3 Å². The largest absolute Gasteiger partial charge is 0.371 e. The van der Waals surface area contributed by atoms with Crippen LogP contribution in [-0.2, 0) is 7.05 Å². The van der Waals surface area contributed by atoms with Crippen LogP contribution in [0.1, 0.15) is 12.8 Å². The van der Waals surface area contributed by atoms with E-state index in [0.29, 0.717) is 21.9 Å². The zero-order chi connectivity index (χ0) is 15.5. The number of pyridine rings is 1. The molecule has 4 nitrogen and oxygen atoms in total. The lowest BCUT2D eigenvalue weighted by Gasteiger charge is -2.57. The SMILES string of the molecule is CN(c1ccc(Cl)c2c(=O)n(C)ccc12)C1CC2(CNC2)C1. The number of hydrogen-bond acceptors (Lipinski definition) is 3. The van der Waals surface area contributed by atoms with E-state index in [1.165, 1.54) is 12.8 Å². The van der Waals surface area contributed by atoms with Gasteiger partial charge in [-0.2, -0.15) is 0 Å². The number of hydrogen-bond donors (Lipinski definition) is 1. The van der Waals surface area contributed by atoms with Gasteiger partial charge in [-0.1, -0.05) is 11.6 Å². The molecule has 1 aromatic heterocycles. The van der Waals surface area contributed by atoms with Gasteiger partial charge in [0.2, 0.25) is 0 Å². The van der Waals surface area contributed by atoms with Crippen molar-refractivity contribution in [2.75, 3.05) is 25.0 Å². The van der Waals surface area contributed by atoms with Gasteiger partial charge in [-0.25, -0.2) is 0 Å². The molecule has 0 amide bonds. The third-order valence-electron chi connectivity index (χ3n) is 5.44. The van der Waals surface area contributed by atoms with Gasteiger partial charge < -0.3 is 14.8 Å². The van der Waals surface area contributed by atoms with Crippen molar-refractivity contribution in [1.29, 1.82) is 0 Å². The van der Waals surface area contributed by atoms with Gasteiger partial charge in [0.15, 0.2) is 0 Å². The molecule has 1 N–H and O–H groups in total. The maximum absolute atomic E-state index is 12.4. The lowest BCUT2D eigenvalue weighted by Crippen LogP contribution is -2.64. The van der Waals surface area contributed by atoms with E-state index in [9.17, 15) is 4.79 Å². The van der Waals surface area contributed by atoms with Crippen molar-refractivity contribution in [2.24, 2.45) is 12.5 Å². The smallest absolute Gasteiger partial charge is 0.259 e. The monoisotopic (exact) mass is 317 g/mol. The Balaban J connectivity index is 1.74. The van der Waals surface area contributed by atoms with Crippen LogP contribution in [0.4, 0.5) is 5.69 Å². The topological polar surface area (TPSA) is 37.3 Å². The number of anilines is 1. The molecule has 0 atom stereocenters. The minimum absolute atomic E-state index is 0.0361. The fraction of sp³-hybridized carbons (Fsp3) is 0.471. The Morgan fingerprint density at radius 1 is 1.32 bits per heavy atom. The quantitative estimate of drug-likeness (QED) is 0.924. The molecule has 1 spiro atoms. The molecule has 1 saturated carbocycles. The predicted molar refractivity (Wildman–Crippen MR) is 90.9 cm³/mol. The molecule has 5 heteroatoms. The molecular weight excluding hydrogens is 298 g/mol. The zero-order valence-corrected chi connectivity index (χ0v) is 13.7. The first kappa shape index (κ1) is 14.1. The summed E-state index contributed by atoms with van der Waals surface area (Å²) >= 11 is 6.28. The van der Waals surface area contributed by atoms with Crippen LogP contribution in [0, 0.1) is 5.41 Å². The van der Waals surface area contributed by atoms with Crippen LogP contribution in [0.3, 0.4) is 0 Å². The van der Waals surface area contributed by atoms with Crippen molar-refractivity contribution in [2.45, 2.75) is 18.9 Å². The highest BCUT2D eigenvalue weighted by Crippen LogP contribution is 2.47. The molecule has 4 rings (SSSR count). The number of nitrogens with zero attached hydrogens (tertiary/aromatic N) is 2. The van der Waals surface area contributed by atoms with Gasteiger partial charge in [0, 0.05) is 50.5 Å². The number of aryl methyl sites for hydroxylation is 1. The molecule has 1 saturated heterocycles. The van der Waals surface area contributed by atoms with Crippen LogP contribution < -0.4 is 15.8 Å². The number of aromatic nitrogens is 1. The summed E-state index contributed by atoms with van der Waals surface area (Å²) in [5.74, 6) is 0. The zero-order valence-electron chi connectivity index (χ0n) is 12.9. The van der Waals surface area contributed by atoms with Crippen LogP contribution in [0.25, 0.3) is 10.8 Å². The standard InChI is InChI=1S/C17H20ClN3O/c1-20-6-5-12-14(4-3-13(18)15(12)16(20)22)21(2)11-7-17(8-11)9-19-10-17/h3-6,11,19H,7-10H2,1-2H3. The highest BCUT2D eigenvalue weighted by Gasteiger charge is 2.49. The third-order valence-corrected chi connectivity index (χ3v) is 5.75. The molecule has 1 aliphatic heterocycles. The molecule has 1 aromatic carbocycles. The maximum Gasteiger partial charge on any atom is 0.259 e. The van der Waals surface area contributed by atoms with Crippen LogP contribution in [0.2, 0.25) is 5.02 Å². The molecule has 2 fully saturated rings. The lowest BCUT2D eigenvalue weighted by molar-refractivity contribution is 0.0374. The van der Waals surface area contributed by atoms with Gasteiger partial charge in [0.05, 0.1) is 10.4 Å². The van der Waals surface area contributed by atoms with Crippen molar-refractivity contribution in [3.63, 3.8) is 0 Å². The number of benzene rings is 1. The van der Waals surface area contributed by atoms with Crippen molar-refractivity contribution in [3.05, 3.63) is 39.8 Å². The number of fused-ring (bicyclic) bond motifs is 1. The second-order valence-corrected chi connectivity index (χ2v) is 7.27. The summed E-state index contributed by atoms with van der Waals surface area (Å²) < 4.78 is 1.58. The first-order valence-electron chi connectivity index (χ1n) is 7.72. The summed E-state index contributed by atoms with van der Waals surface area (Å²) in [5, 5.41) is 5.47. The Hall–Kier alpha value is -1.52. The van der Waals surface area contributed by atoms with Crippen molar-refractivity contribution >= 4 is 28.1 Å². The van der Waals surface area contributed by atoms with Gasteiger partial charge in [-0.3, -0.25) is 4.79 Å². The van der Waals surface area contributed by atoms with Crippen molar-refractivity contribution in [1.82, 2.24) is 9.88 Å². The summed E-state index contributed by atoms with van der Waals surface area (Å²) in [5.41, 5.74) is 1.60. The second kappa shape index (κ2) is 4.74. The van der Waals surface area contributed by atoms with Crippen molar-refractivity contribution in [3.8, 4) is 0 Å². The lowest BCUT2D eigenvalue weighted by atomic mass is 9.61. The molecule has 2 aliphatic rings. The van der Waals surface area contributed by atoms with Gasteiger partial charge >= 0.3 is 0 Å². The third kappa shape index (κ3) is 1.90. The Morgan fingerprint density at radius 2 is 2.05 bits per heavy atom. The average Bonchev–Trinajstić information content (AvgIpc) is 2.39. The average molecular weight is 318 g/mol. The Morgan fingerprint density at radius 3 is 2.68 bits per heavy atom. The van der Waals surface area contributed by atoms with E-state index in [-0.39, 0.29) is 5.56 Å². The molecule has 0 unspecified atom stereocenters. The molecule has 22 heavy (non-hydrogen) atoms. The first-order valence-corrected chi connectivity index (χ1v) is 8.10. The fourth-order valence-electron chi connectivity index (χ4n) is 3.88. The van der Waals surface area contributed by atoms with Crippen molar-refractivity contribution < 1.29 is 0 Å². The number of rotatable bonds is 2. The normalized spacial score (nSPS) is 20.0. The summed E-state index contributed by atoms with van der Waals surface area (Å²) in [6, 6.07) is 6.42. The van der Waals surface area contributed by atoms with Gasteiger partial charge in [-0.05, 0) is 36.5 Å². The van der Waals surface area contributed by atoms with E-state index in [0.717, 1.165) is 24.2 Å². The predicted octanol–water partition coefficient (Wildman–Crippen LogP) is 2.38. The van der Waals surface area contributed by atoms with E-state index < -0.39 is 0 Å². The van der Waals surface area contributed by atoms with Crippen LogP contribution in [-0.4, -0.2) is 30.7 Å². The second-order valence-electron chi connectivity index (χ2n) is 6.86. The van der Waals surface area contributed by atoms with Gasteiger partial charge in [0.25, 0.3) is 5.56 Å². The maximum atomic E-state index is 12.4. The van der Waals surface area contributed by atoms with E-state index in [4.69, 9.17) is 11.6 Å².